The highest BCUT2D eigenvalue weighted by molar-refractivity contribution is 6.34. The van der Waals surface area contributed by atoms with Gasteiger partial charge in [0, 0.05) is 27.7 Å². The van der Waals surface area contributed by atoms with Gasteiger partial charge < -0.3 is 9.80 Å². The van der Waals surface area contributed by atoms with Crippen LogP contribution in [0.1, 0.15) is 32.6 Å². The fraction of sp³-hybridized carbons (Fsp3) is 0.818. The molecule has 0 aliphatic rings. The summed E-state index contributed by atoms with van der Waals surface area (Å²) in [5.74, 6) is -0.871. The Balaban J connectivity index is 3.84. The fourth-order valence-corrected chi connectivity index (χ4v) is 1.23. The van der Waals surface area contributed by atoms with Crippen LogP contribution in [0.5, 0.6) is 0 Å². The number of hydrogen-bond donors (Lipinski definition) is 0. The molecule has 0 saturated heterocycles. The van der Waals surface area contributed by atoms with Crippen molar-refractivity contribution >= 4 is 11.8 Å². The molecule has 0 aliphatic heterocycles. The molecule has 0 saturated carbocycles. The van der Waals surface area contributed by atoms with E-state index in [1.807, 2.05) is 0 Å². The third-order valence-corrected chi connectivity index (χ3v) is 2.28. The van der Waals surface area contributed by atoms with Gasteiger partial charge in [-0.1, -0.05) is 26.2 Å². The van der Waals surface area contributed by atoms with E-state index in [1.54, 1.807) is 21.1 Å². The minimum absolute atomic E-state index is 0.420. The lowest BCUT2D eigenvalue weighted by atomic mass is 10.2. The first-order chi connectivity index (χ1) is 7.00. The second kappa shape index (κ2) is 7.26. The Hall–Kier alpha value is -1.06. The van der Waals surface area contributed by atoms with Crippen molar-refractivity contribution in [1.29, 1.82) is 0 Å². The highest BCUT2D eigenvalue weighted by Crippen LogP contribution is 2.00. The van der Waals surface area contributed by atoms with Crippen molar-refractivity contribution in [2.75, 3.05) is 27.7 Å². The van der Waals surface area contributed by atoms with Crippen molar-refractivity contribution in [2.45, 2.75) is 32.6 Å². The summed E-state index contributed by atoms with van der Waals surface area (Å²) in [4.78, 5) is 25.6. The second-order valence-corrected chi connectivity index (χ2v) is 3.99. The molecule has 0 heterocycles. The first-order valence-corrected chi connectivity index (χ1v) is 5.47. The van der Waals surface area contributed by atoms with E-state index in [-0.39, 0.29) is 0 Å². The van der Waals surface area contributed by atoms with Crippen molar-refractivity contribution in [2.24, 2.45) is 0 Å². The SMILES string of the molecule is CCCCCCN(C)C(=O)C(=O)N(C)C. The third-order valence-electron chi connectivity index (χ3n) is 2.28. The Morgan fingerprint density at radius 2 is 1.53 bits per heavy atom. The van der Waals surface area contributed by atoms with Crippen molar-refractivity contribution in [3.05, 3.63) is 0 Å². The van der Waals surface area contributed by atoms with Crippen LogP contribution in [0.3, 0.4) is 0 Å². The van der Waals surface area contributed by atoms with Crippen molar-refractivity contribution < 1.29 is 9.59 Å². The predicted molar refractivity (Wildman–Crippen MR) is 60.5 cm³/mol. The first kappa shape index (κ1) is 13.9. The summed E-state index contributed by atoms with van der Waals surface area (Å²) in [6.45, 7) is 2.81. The number of carbonyl (C=O) groups is 2. The third kappa shape index (κ3) is 5.40. The van der Waals surface area contributed by atoms with E-state index in [9.17, 15) is 9.59 Å². The Kier molecular flexibility index (Phi) is 6.75. The lowest BCUT2D eigenvalue weighted by molar-refractivity contribution is -0.149. The fourth-order valence-electron chi connectivity index (χ4n) is 1.23. The molecule has 0 fully saturated rings. The van der Waals surface area contributed by atoms with Gasteiger partial charge in [-0.3, -0.25) is 9.59 Å². The molecule has 4 nitrogen and oxygen atoms in total. The molecule has 4 heteroatoms. The highest BCUT2D eigenvalue weighted by atomic mass is 16.2. The molecule has 0 rings (SSSR count). The van der Waals surface area contributed by atoms with Gasteiger partial charge in [-0.25, -0.2) is 0 Å². The molecular weight excluding hydrogens is 192 g/mol. The molecule has 0 atom stereocenters. The van der Waals surface area contributed by atoms with Crippen LogP contribution in [0.15, 0.2) is 0 Å². The summed E-state index contributed by atoms with van der Waals surface area (Å²) < 4.78 is 0. The molecule has 88 valence electrons. The van der Waals surface area contributed by atoms with Crippen LogP contribution in [0, 0.1) is 0 Å². The quantitative estimate of drug-likeness (QED) is 0.508. The van der Waals surface area contributed by atoms with E-state index < -0.39 is 11.8 Å². The summed E-state index contributed by atoms with van der Waals surface area (Å²) in [5, 5.41) is 0. The van der Waals surface area contributed by atoms with E-state index in [1.165, 1.54) is 22.6 Å². The number of nitrogens with zero attached hydrogens (tertiary/aromatic N) is 2. The molecule has 0 N–H and O–H groups in total. The number of likely N-dealkylation sites (N-methyl/N-ethyl adjacent to an activating group) is 2. The van der Waals surface area contributed by atoms with Gasteiger partial charge in [0.2, 0.25) is 0 Å². The number of unbranched alkanes of at least 4 members (excludes halogenated alkanes) is 3. The van der Waals surface area contributed by atoms with Crippen molar-refractivity contribution in [3.8, 4) is 0 Å². The summed E-state index contributed by atoms with van der Waals surface area (Å²) in [6.07, 6.45) is 4.44. The maximum atomic E-state index is 11.5. The summed E-state index contributed by atoms with van der Waals surface area (Å²) in [7, 11) is 4.85. The highest BCUT2D eigenvalue weighted by Gasteiger charge is 2.19. The van der Waals surface area contributed by atoms with Crippen molar-refractivity contribution in [3.63, 3.8) is 0 Å². The Morgan fingerprint density at radius 3 is 2.00 bits per heavy atom. The van der Waals surface area contributed by atoms with E-state index in [0.717, 1.165) is 12.8 Å². The van der Waals surface area contributed by atoms with Gasteiger partial charge in [-0.05, 0) is 6.42 Å². The standard InChI is InChI=1S/C11H22N2O2/c1-5-6-7-8-9-13(4)11(15)10(14)12(2)3/h5-9H2,1-4H3. The van der Waals surface area contributed by atoms with E-state index in [0.29, 0.717) is 6.54 Å². The Morgan fingerprint density at radius 1 is 0.933 bits per heavy atom. The van der Waals surface area contributed by atoms with Crippen LogP contribution < -0.4 is 0 Å². The average molecular weight is 214 g/mol. The molecule has 0 aliphatic carbocycles. The smallest absolute Gasteiger partial charge is 0.311 e. The van der Waals surface area contributed by atoms with Crippen LogP contribution in [-0.4, -0.2) is 49.3 Å². The molecule has 0 aromatic rings. The topological polar surface area (TPSA) is 40.6 Å². The molecule has 0 radical (unpaired) electrons. The van der Waals surface area contributed by atoms with Crippen molar-refractivity contribution in [1.82, 2.24) is 9.80 Å². The zero-order chi connectivity index (χ0) is 11.8. The minimum Gasteiger partial charge on any atom is -0.341 e. The summed E-state index contributed by atoms with van der Waals surface area (Å²) >= 11 is 0. The second-order valence-electron chi connectivity index (χ2n) is 3.99. The molecule has 15 heavy (non-hydrogen) atoms. The lowest BCUT2D eigenvalue weighted by Gasteiger charge is -2.18. The maximum Gasteiger partial charge on any atom is 0.311 e. The number of carbonyl (C=O) groups excluding carboxylic acids is 2. The molecule has 0 unspecified atom stereocenters. The van der Waals surface area contributed by atoms with Crippen LogP contribution in [-0.2, 0) is 9.59 Å². The van der Waals surface area contributed by atoms with Crippen LogP contribution >= 0.6 is 0 Å². The van der Waals surface area contributed by atoms with Gasteiger partial charge in [0.1, 0.15) is 0 Å². The Bertz CT molecular complexity index is 215. The number of amides is 2. The molecule has 0 aromatic carbocycles. The molecule has 2 amide bonds. The maximum absolute atomic E-state index is 11.5. The molecular formula is C11H22N2O2. The van der Waals surface area contributed by atoms with Gasteiger partial charge in [0.15, 0.2) is 0 Å². The van der Waals surface area contributed by atoms with Gasteiger partial charge in [-0.2, -0.15) is 0 Å². The lowest BCUT2D eigenvalue weighted by Crippen LogP contribution is -2.40. The monoisotopic (exact) mass is 214 g/mol. The molecule has 0 aromatic heterocycles. The normalized spacial score (nSPS) is 9.87. The number of hydrogen-bond acceptors (Lipinski definition) is 2. The van der Waals surface area contributed by atoms with Crippen LogP contribution in [0.4, 0.5) is 0 Å². The average Bonchev–Trinajstić information content (AvgIpc) is 2.21. The van der Waals surface area contributed by atoms with Gasteiger partial charge in [-0.15, -0.1) is 0 Å². The molecule has 0 spiro atoms. The summed E-state index contributed by atoms with van der Waals surface area (Å²) in [6, 6.07) is 0. The number of rotatable bonds is 5. The van der Waals surface area contributed by atoms with E-state index >= 15 is 0 Å². The van der Waals surface area contributed by atoms with Crippen LogP contribution in [0.2, 0.25) is 0 Å². The zero-order valence-corrected chi connectivity index (χ0v) is 10.2. The van der Waals surface area contributed by atoms with Gasteiger partial charge in [0.25, 0.3) is 0 Å². The first-order valence-electron chi connectivity index (χ1n) is 5.47. The van der Waals surface area contributed by atoms with Crippen LogP contribution in [0.25, 0.3) is 0 Å². The van der Waals surface area contributed by atoms with E-state index in [4.69, 9.17) is 0 Å². The Labute approximate surface area is 92.2 Å². The zero-order valence-electron chi connectivity index (χ0n) is 10.2. The molecule has 0 bridgehead atoms. The summed E-state index contributed by atoms with van der Waals surface area (Å²) in [5.41, 5.74) is 0. The predicted octanol–water partition coefficient (Wildman–Crippen LogP) is 1.11. The van der Waals surface area contributed by atoms with Gasteiger partial charge >= 0.3 is 11.8 Å². The van der Waals surface area contributed by atoms with Gasteiger partial charge in [0.05, 0.1) is 0 Å². The van der Waals surface area contributed by atoms with E-state index in [2.05, 4.69) is 6.92 Å². The minimum atomic E-state index is -0.451. The largest absolute Gasteiger partial charge is 0.341 e.